The largest absolute Gasteiger partial charge is 0.399 e. The molecule has 1 heterocycles. The predicted molar refractivity (Wildman–Crippen MR) is 71.4 cm³/mol. The van der Waals surface area contributed by atoms with Crippen LogP contribution < -0.4 is 10.6 Å². The highest BCUT2D eigenvalue weighted by Crippen LogP contribution is 2.39. The summed E-state index contributed by atoms with van der Waals surface area (Å²) in [6, 6.07) is 3.52. The Kier molecular flexibility index (Phi) is 3.22. The van der Waals surface area contributed by atoms with Gasteiger partial charge in [-0.25, -0.2) is 0 Å². The molecule has 4 heteroatoms. The third-order valence-electron chi connectivity index (χ3n) is 3.34. The number of nitrogens with zero attached hydrogens (tertiary/aromatic N) is 1. The highest BCUT2D eigenvalue weighted by atomic mass is 35.5. The minimum Gasteiger partial charge on any atom is -0.399 e. The normalized spacial score (nSPS) is 25.1. The highest BCUT2D eigenvalue weighted by molar-refractivity contribution is 6.39. The lowest BCUT2D eigenvalue weighted by atomic mass is 10.0. The standard InChI is InChI=1S/C12H16Cl2N2/c1-7-5-16(6-8(7)2)12-10(13)3-9(15)4-11(12)14/h3-4,7-8H,5-6,15H2,1-2H3. The number of halogens is 2. The number of rotatable bonds is 1. The molecule has 88 valence electrons. The van der Waals surface area contributed by atoms with Gasteiger partial charge in [0.1, 0.15) is 0 Å². The molecule has 0 bridgehead atoms. The smallest absolute Gasteiger partial charge is 0.0746 e. The van der Waals surface area contributed by atoms with Gasteiger partial charge in [-0.2, -0.15) is 0 Å². The van der Waals surface area contributed by atoms with Crippen molar-refractivity contribution in [3.05, 3.63) is 22.2 Å². The van der Waals surface area contributed by atoms with E-state index in [1.807, 2.05) is 0 Å². The van der Waals surface area contributed by atoms with Gasteiger partial charge in [0, 0.05) is 18.8 Å². The van der Waals surface area contributed by atoms with Crippen molar-refractivity contribution in [3.63, 3.8) is 0 Å². The first-order valence-electron chi connectivity index (χ1n) is 5.48. The van der Waals surface area contributed by atoms with Crippen molar-refractivity contribution in [1.82, 2.24) is 0 Å². The number of nitrogens with two attached hydrogens (primary N) is 1. The highest BCUT2D eigenvalue weighted by Gasteiger charge is 2.28. The van der Waals surface area contributed by atoms with Gasteiger partial charge in [-0.1, -0.05) is 37.0 Å². The quantitative estimate of drug-likeness (QED) is 0.780. The van der Waals surface area contributed by atoms with Gasteiger partial charge in [-0.3, -0.25) is 0 Å². The van der Waals surface area contributed by atoms with Gasteiger partial charge in [0.15, 0.2) is 0 Å². The van der Waals surface area contributed by atoms with Crippen LogP contribution in [-0.4, -0.2) is 13.1 Å². The van der Waals surface area contributed by atoms with Crippen LogP contribution in [0, 0.1) is 11.8 Å². The summed E-state index contributed by atoms with van der Waals surface area (Å²) in [5.74, 6) is 1.34. The van der Waals surface area contributed by atoms with Crippen molar-refractivity contribution in [2.45, 2.75) is 13.8 Å². The van der Waals surface area contributed by atoms with Gasteiger partial charge in [0.25, 0.3) is 0 Å². The van der Waals surface area contributed by atoms with Crippen LogP contribution >= 0.6 is 23.2 Å². The number of nitrogen functional groups attached to an aromatic ring is 1. The molecule has 1 aliphatic heterocycles. The lowest BCUT2D eigenvalue weighted by Gasteiger charge is -2.21. The van der Waals surface area contributed by atoms with E-state index in [1.54, 1.807) is 12.1 Å². The zero-order valence-electron chi connectivity index (χ0n) is 9.50. The van der Waals surface area contributed by atoms with Gasteiger partial charge in [-0.05, 0) is 24.0 Å². The molecule has 2 nitrogen and oxygen atoms in total. The number of benzene rings is 1. The number of hydrogen-bond acceptors (Lipinski definition) is 2. The average Bonchev–Trinajstić information content (AvgIpc) is 2.44. The Balaban J connectivity index is 2.35. The van der Waals surface area contributed by atoms with E-state index in [1.165, 1.54) is 0 Å². The topological polar surface area (TPSA) is 29.3 Å². The maximum atomic E-state index is 6.20. The SMILES string of the molecule is CC1CN(c2c(Cl)cc(N)cc2Cl)CC1C. The second-order valence-electron chi connectivity index (χ2n) is 4.69. The van der Waals surface area contributed by atoms with Crippen LogP contribution in [-0.2, 0) is 0 Å². The van der Waals surface area contributed by atoms with Gasteiger partial charge in [-0.15, -0.1) is 0 Å². The van der Waals surface area contributed by atoms with Gasteiger partial charge < -0.3 is 10.6 Å². The van der Waals surface area contributed by atoms with Crippen molar-refractivity contribution >= 4 is 34.6 Å². The first-order chi connectivity index (χ1) is 7.49. The van der Waals surface area contributed by atoms with Gasteiger partial charge in [0.05, 0.1) is 15.7 Å². The van der Waals surface area contributed by atoms with Crippen molar-refractivity contribution in [3.8, 4) is 0 Å². The first-order valence-corrected chi connectivity index (χ1v) is 6.24. The Bertz CT molecular complexity index is 373. The summed E-state index contributed by atoms with van der Waals surface area (Å²) >= 11 is 12.4. The van der Waals surface area contributed by atoms with Crippen LogP contribution in [0.2, 0.25) is 10.0 Å². The van der Waals surface area contributed by atoms with E-state index in [4.69, 9.17) is 28.9 Å². The second-order valence-corrected chi connectivity index (χ2v) is 5.51. The molecule has 16 heavy (non-hydrogen) atoms. The number of anilines is 2. The van der Waals surface area contributed by atoms with Crippen LogP contribution in [0.1, 0.15) is 13.8 Å². The van der Waals surface area contributed by atoms with E-state index in [0.717, 1.165) is 18.8 Å². The van der Waals surface area contributed by atoms with E-state index >= 15 is 0 Å². The molecule has 1 aliphatic rings. The maximum Gasteiger partial charge on any atom is 0.0746 e. The molecule has 1 fully saturated rings. The van der Waals surface area contributed by atoms with E-state index < -0.39 is 0 Å². The fraction of sp³-hybridized carbons (Fsp3) is 0.500. The first kappa shape index (κ1) is 11.9. The van der Waals surface area contributed by atoms with Crippen LogP contribution in [0.4, 0.5) is 11.4 Å². The minimum absolute atomic E-state index is 0.610. The number of hydrogen-bond donors (Lipinski definition) is 1. The molecule has 0 radical (unpaired) electrons. The third-order valence-corrected chi connectivity index (χ3v) is 3.92. The summed E-state index contributed by atoms with van der Waals surface area (Å²) in [5.41, 5.74) is 7.23. The van der Waals surface area contributed by atoms with Crippen LogP contribution in [0.3, 0.4) is 0 Å². The third kappa shape index (κ3) is 2.09. The van der Waals surface area contributed by atoms with Crippen LogP contribution in [0.25, 0.3) is 0 Å². The minimum atomic E-state index is 0.610. The molecule has 0 amide bonds. The van der Waals surface area contributed by atoms with Gasteiger partial charge >= 0.3 is 0 Å². The monoisotopic (exact) mass is 258 g/mol. The summed E-state index contributed by atoms with van der Waals surface area (Å²) in [6.45, 7) is 6.52. The molecule has 1 saturated heterocycles. The van der Waals surface area contributed by atoms with Crippen molar-refractivity contribution in [1.29, 1.82) is 0 Å². The molecule has 2 rings (SSSR count). The van der Waals surface area contributed by atoms with E-state index in [9.17, 15) is 0 Å². The Labute approximate surface area is 106 Å². The molecule has 2 N–H and O–H groups in total. The zero-order chi connectivity index (χ0) is 11.9. The van der Waals surface area contributed by atoms with E-state index in [-0.39, 0.29) is 0 Å². The second kappa shape index (κ2) is 4.34. The predicted octanol–water partition coefficient (Wildman–Crippen LogP) is 3.67. The van der Waals surface area contributed by atoms with E-state index in [0.29, 0.717) is 27.6 Å². The van der Waals surface area contributed by atoms with Crippen LogP contribution in [0.15, 0.2) is 12.1 Å². The summed E-state index contributed by atoms with van der Waals surface area (Å²) in [4.78, 5) is 2.25. The summed E-state index contributed by atoms with van der Waals surface area (Å²) in [7, 11) is 0. The Morgan fingerprint density at radius 2 is 1.56 bits per heavy atom. The Morgan fingerprint density at radius 1 is 1.12 bits per heavy atom. The lowest BCUT2D eigenvalue weighted by Crippen LogP contribution is -2.20. The average molecular weight is 259 g/mol. The molecule has 1 aromatic rings. The summed E-state index contributed by atoms with van der Waals surface area (Å²) < 4.78 is 0. The molecule has 0 aliphatic carbocycles. The fourth-order valence-electron chi connectivity index (χ4n) is 2.20. The molecular weight excluding hydrogens is 243 g/mol. The van der Waals surface area contributed by atoms with Crippen molar-refractivity contribution < 1.29 is 0 Å². The Hall–Kier alpha value is -0.600. The zero-order valence-corrected chi connectivity index (χ0v) is 11.0. The molecule has 0 aromatic heterocycles. The molecule has 2 atom stereocenters. The fourth-order valence-corrected chi connectivity index (χ4v) is 2.94. The maximum absolute atomic E-state index is 6.20. The van der Waals surface area contributed by atoms with E-state index in [2.05, 4.69) is 18.7 Å². The lowest BCUT2D eigenvalue weighted by molar-refractivity contribution is 0.494. The molecule has 0 saturated carbocycles. The molecule has 1 aromatic carbocycles. The van der Waals surface area contributed by atoms with Crippen molar-refractivity contribution in [2.75, 3.05) is 23.7 Å². The summed E-state index contributed by atoms with van der Waals surface area (Å²) in [6.07, 6.45) is 0. The molecule has 0 spiro atoms. The van der Waals surface area contributed by atoms with Gasteiger partial charge in [0.2, 0.25) is 0 Å². The molecule has 2 unspecified atom stereocenters. The van der Waals surface area contributed by atoms with Crippen LogP contribution in [0.5, 0.6) is 0 Å². The summed E-state index contributed by atoms with van der Waals surface area (Å²) in [5, 5.41) is 1.29. The Morgan fingerprint density at radius 3 is 2.00 bits per heavy atom. The molecular formula is C12H16Cl2N2. The van der Waals surface area contributed by atoms with Crippen molar-refractivity contribution in [2.24, 2.45) is 11.8 Å².